The lowest BCUT2D eigenvalue weighted by molar-refractivity contribution is -0.385. The van der Waals surface area contributed by atoms with Gasteiger partial charge in [-0.2, -0.15) is 0 Å². The largest absolute Gasteiger partial charge is 0.348 e. The van der Waals surface area contributed by atoms with E-state index in [1.807, 2.05) is 0 Å². The van der Waals surface area contributed by atoms with Crippen LogP contribution in [-0.4, -0.2) is 10.8 Å². The molecule has 0 heterocycles. The van der Waals surface area contributed by atoms with Crippen LogP contribution in [0.4, 0.5) is 10.1 Å². The van der Waals surface area contributed by atoms with Crippen LogP contribution in [0.1, 0.15) is 15.9 Å². The smallest absolute Gasteiger partial charge is 0.274 e. The van der Waals surface area contributed by atoms with Gasteiger partial charge in [-0.25, -0.2) is 4.39 Å². The van der Waals surface area contributed by atoms with Gasteiger partial charge in [0.05, 0.1) is 10.5 Å². The summed E-state index contributed by atoms with van der Waals surface area (Å²) in [5.74, 6) is -1.24. The van der Waals surface area contributed by atoms with E-state index in [0.717, 1.165) is 0 Å². The van der Waals surface area contributed by atoms with Gasteiger partial charge in [0, 0.05) is 18.2 Å². The molecule has 2 aromatic carbocycles. The number of carbonyl (C=O) groups is 1. The van der Waals surface area contributed by atoms with E-state index >= 15 is 0 Å². The lowest BCUT2D eigenvalue weighted by Crippen LogP contribution is -2.24. The maximum Gasteiger partial charge on any atom is 0.274 e. The molecule has 1 N–H and O–H groups in total. The Labute approximate surface area is 114 Å². The van der Waals surface area contributed by atoms with Crippen molar-refractivity contribution in [2.75, 3.05) is 0 Å². The number of carbonyl (C=O) groups excluding carboxylic acids is 1. The van der Waals surface area contributed by atoms with Crippen LogP contribution < -0.4 is 5.32 Å². The first-order chi connectivity index (χ1) is 9.59. The van der Waals surface area contributed by atoms with Crippen molar-refractivity contribution >= 4 is 11.6 Å². The minimum Gasteiger partial charge on any atom is -0.348 e. The molecule has 0 aliphatic rings. The van der Waals surface area contributed by atoms with E-state index in [4.69, 9.17) is 0 Å². The fraction of sp³-hybridized carbons (Fsp3) is 0.0714. The molecule has 0 spiro atoms. The summed E-state index contributed by atoms with van der Waals surface area (Å²) < 4.78 is 13.4. The molecular formula is C14H11FN2O3. The monoisotopic (exact) mass is 274 g/mol. The van der Waals surface area contributed by atoms with Crippen LogP contribution in [-0.2, 0) is 6.54 Å². The van der Waals surface area contributed by atoms with Crippen molar-refractivity contribution in [3.05, 3.63) is 75.6 Å². The Bertz CT molecular complexity index is 658. The molecule has 0 fully saturated rings. The average Bonchev–Trinajstić information content (AvgIpc) is 2.45. The zero-order chi connectivity index (χ0) is 14.5. The molecule has 6 heteroatoms. The van der Waals surface area contributed by atoms with Crippen molar-refractivity contribution in [3.8, 4) is 0 Å². The Morgan fingerprint density at radius 3 is 2.50 bits per heavy atom. The van der Waals surface area contributed by atoms with Gasteiger partial charge >= 0.3 is 0 Å². The van der Waals surface area contributed by atoms with Gasteiger partial charge in [-0.05, 0) is 12.1 Å². The molecule has 102 valence electrons. The summed E-state index contributed by atoms with van der Waals surface area (Å²) in [5.41, 5.74) is 0.189. The summed E-state index contributed by atoms with van der Waals surface area (Å²) >= 11 is 0. The molecule has 0 saturated carbocycles. The number of hydrogen-bond donors (Lipinski definition) is 1. The van der Waals surface area contributed by atoms with Gasteiger partial charge in [0.2, 0.25) is 0 Å². The number of rotatable bonds is 4. The zero-order valence-electron chi connectivity index (χ0n) is 10.4. The van der Waals surface area contributed by atoms with Crippen LogP contribution in [0.5, 0.6) is 0 Å². The van der Waals surface area contributed by atoms with Crippen LogP contribution in [0.15, 0.2) is 48.5 Å². The third-order valence-electron chi connectivity index (χ3n) is 2.75. The van der Waals surface area contributed by atoms with Gasteiger partial charge in [-0.1, -0.05) is 30.3 Å². The molecule has 5 nitrogen and oxygen atoms in total. The number of nitrogens with zero attached hydrogens (tertiary/aromatic N) is 1. The van der Waals surface area contributed by atoms with E-state index in [1.54, 1.807) is 24.3 Å². The van der Waals surface area contributed by atoms with E-state index < -0.39 is 16.6 Å². The molecule has 1 amide bonds. The number of hydrogen-bond acceptors (Lipinski definition) is 3. The van der Waals surface area contributed by atoms with E-state index in [-0.39, 0.29) is 17.8 Å². The number of benzene rings is 2. The summed E-state index contributed by atoms with van der Waals surface area (Å²) in [6.07, 6.45) is 0. The maximum absolute atomic E-state index is 13.4. The lowest BCUT2D eigenvalue weighted by atomic mass is 10.1. The summed E-state index contributed by atoms with van der Waals surface area (Å²) in [5, 5.41) is 13.3. The quantitative estimate of drug-likeness (QED) is 0.688. The SMILES string of the molecule is O=C(NCc1ccccc1[N+](=O)[O-])c1ccccc1F. The minimum atomic E-state index is -0.632. The molecular weight excluding hydrogens is 263 g/mol. The summed E-state index contributed by atoms with van der Waals surface area (Å²) in [6, 6.07) is 11.6. The number of para-hydroxylation sites is 1. The molecule has 0 atom stereocenters. The van der Waals surface area contributed by atoms with Crippen molar-refractivity contribution < 1.29 is 14.1 Å². The number of halogens is 1. The van der Waals surface area contributed by atoms with Gasteiger partial charge < -0.3 is 5.32 Å². The fourth-order valence-electron chi connectivity index (χ4n) is 1.75. The van der Waals surface area contributed by atoms with E-state index in [2.05, 4.69) is 5.32 Å². The van der Waals surface area contributed by atoms with Crippen LogP contribution in [0.25, 0.3) is 0 Å². The first-order valence-corrected chi connectivity index (χ1v) is 5.84. The van der Waals surface area contributed by atoms with E-state index in [1.165, 1.54) is 24.3 Å². The molecule has 0 saturated heterocycles. The van der Waals surface area contributed by atoms with Crippen molar-refractivity contribution in [3.63, 3.8) is 0 Å². The average molecular weight is 274 g/mol. The van der Waals surface area contributed by atoms with Crippen LogP contribution in [0.2, 0.25) is 0 Å². The second-order valence-corrected chi connectivity index (χ2v) is 4.05. The number of nitro groups is 1. The third kappa shape index (κ3) is 2.97. The van der Waals surface area contributed by atoms with Gasteiger partial charge in [0.1, 0.15) is 5.82 Å². The molecule has 2 aromatic rings. The standard InChI is InChI=1S/C14H11FN2O3/c15-12-7-3-2-6-11(12)14(18)16-9-10-5-1-4-8-13(10)17(19)20/h1-8H,9H2,(H,16,18). The highest BCUT2D eigenvalue weighted by atomic mass is 19.1. The Kier molecular flexibility index (Phi) is 4.05. The lowest BCUT2D eigenvalue weighted by Gasteiger charge is -2.06. The first-order valence-electron chi connectivity index (χ1n) is 5.84. The fourth-order valence-corrected chi connectivity index (χ4v) is 1.75. The molecule has 0 unspecified atom stereocenters. The number of nitrogens with one attached hydrogen (secondary N) is 1. The molecule has 0 aromatic heterocycles. The van der Waals surface area contributed by atoms with Crippen molar-refractivity contribution in [1.82, 2.24) is 5.32 Å². The summed E-state index contributed by atoms with van der Waals surface area (Å²) in [6.45, 7) is -0.0374. The molecule has 2 rings (SSSR count). The van der Waals surface area contributed by atoms with Gasteiger partial charge in [0.25, 0.3) is 11.6 Å². The Hall–Kier alpha value is -2.76. The Morgan fingerprint density at radius 2 is 1.80 bits per heavy atom. The maximum atomic E-state index is 13.4. The third-order valence-corrected chi connectivity index (χ3v) is 2.75. The van der Waals surface area contributed by atoms with Crippen molar-refractivity contribution in [2.45, 2.75) is 6.54 Å². The highest BCUT2D eigenvalue weighted by Gasteiger charge is 2.15. The highest BCUT2D eigenvalue weighted by Crippen LogP contribution is 2.17. The van der Waals surface area contributed by atoms with Crippen LogP contribution in [0, 0.1) is 15.9 Å². The molecule has 0 aliphatic heterocycles. The highest BCUT2D eigenvalue weighted by molar-refractivity contribution is 5.94. The van der Waals surface area contributed by atoms with Crippen LogP contribution in [0.3, 0.4) is 0 Å². The molecule has 0 radical (unpaired) electrons. The van der Waals surface area contributed by atoms with Gasteiger partial charge in [-0.3, -0.25) is 14.9 Å². The Morgan fingerprint density at radius 1 is 1.15 bits per heavy atom. The minimum absolute atomic E-state index is 0.0374. The topological polar surface area (TPSA) is 72.2 Å². The normalized spacial score (nSPS) is 10.1. The molecule has 0 aliphatic carbocycles. The summed E-state index contributed by atoms with van der Waals surface area (Å²) in [4.78, 5) is 22.1. The second-order valence-electron chi connectivity index (χ2n) is 4.05. The predicted molar refractivity (Wildman–Crippen MR) is 70.7 cm³/mol. The zero-order valence-corrected chi connectivity index (χ0v) is 10.4. The first kappa shape index (κ1) is 13.7. The molecule has 20 heavy (non-hydrogen) atoms. The molecule has 0 bridgehead atoms. The van der Waals surface area contributed by atoms with E-state index in [0.29, 0.717) is 5.56 Å². The second kappa shape index (κ2) is 5.92. The van der Waals surface area contributed by atoms with Crippen molar-refractivity contribution in [1.29, 1.82) is 0 Å². The van der Waals surface area contributed by atoms with Crippen LogP contribution >= 0.6 is 0 Å². The van der Waals surface area contributed by atoms with Gasteiger partial charge in [-0.15, -0.1) is 0 Å². The Balaban J connectivity index is 2.12. The predicted octanol–water partition coefficient (Wildman–Crippen LogP) is 2.66. The number of amides is 1. The van der Waals surface area contributed by atoms with E-state index in [9.17, 15) is 19.3 Å². The number of nitro benzene ring substituents is 1. The summed E-state index contributed by atoms with van der Waals surface area (Å²) in [7, 11) is 0. The van der Waals surface area contributed by atoms with Crippen molar-refractivity contribution in [2.24, 2.45) is 0 Å². The van der Waals surface area contributed by atoms with Gasteiger partial charge in [0.15, 0.2) is 0 Å².